The summed E-state index contributed by atoms with van der Waals surface area (Å²) < 4.78 is 31.0. The predicted molar refractivity (Wildman–Crippen MR) is 133 cm³/mol. The van der Waals surface area contributed by atoms with Gasteiger partial charge in [-0.15, -0.1) is 0 Å². The molecule has 11 heteroatoms. The number of sulfonamides is 1. The maximum Gasteiger partial charge on any atom is 0.271 e. The number of carbonyl (C=O) groups is 1. The van der Waals surface area contributed by atoms with Crippen molar-refractivity contribution in [1.29, 1.82) is 0 Å². The molecule has 3 rings (SSSR count). The molecule has 0 saturated heterocycles. The number of nitro benzene ring substituents is 1. The maximum absolute atomic E-state index is 12.4. The van der Waals surface area contributed by atoms with E-state index in [0.717, 1.165) is 34.2 Å². The molecule has 1 aromatic heterocycles. The molecule has 10 nitrogen and oxygen atoms in total. The Labute approximate surface area is 203 Å². The molecule has 2 aromatic carbocycles. The Morgan fingerprint density at radius 2 is 1.74 bits per heavy atom. The number of pyridine rings is 1. The van der Waals surface area contributed by atoms with E-state index >= 15 is 0 Å². The van der Waals surface area contributed by atoms with Gasteiger partial charge in [0.25, 0.3) is 5.69 Å². The van der Waals surface area contributed by atoms with Gasteiger partial charge in [-0.1, -0.05) is 12.1 Å². The number of rotatable bonds is 11. The average molecular weight is 499 g/mol. The lowest BCUT2D eigenvalue weighted by atomic mass is 10.1. The van der Waals surface area contributed by atoms with Crippen LogP contribution in [0.2, 0.25) is 0 Å². The van der Waals surface area contributed by atoms with E-state index < -0.39 is 14.9 Å². The van der Waals surface area contributed by atoms with Crippen molar-refractivity contribution in [2.45, 2.75) is 19.3 Å². The average Bonchev–Trinajstić information content (AvgIpc) is 2.82. The van der Waals surface area contributed by atoms with Gasteiger partial charge in [0.15, 0.2) is 0 Å². The van der Waals surface area contributed by atoms with E-state index in [9.17, 15) is 23.3 Å². The van der Waals surface area contributed by atoms with E-state index in [2.05, 4.69) is 10.3 Å². The van der Waals surface area contributed by atoms with Crippen LogP contribution in [0, 0.1) is 10.1 Å². The molecule has 184 valence electrons. The first-order valence-electron chi connectivity index (χ1n) is 10.7. The Bertz CT molecular complexity index is 1280. The SMILES string of the molecule is COc1ccc([N+](=O)[O-])cc1N(CCCC(=O)Nc1ccc(Cc2ccncc2)cc1)S(C)(=O)=O. The van der Waals surface area contributed by atoms with Gasteiger partial charge in [-0.05, 0) is 54.3 Å². The Morgan fingerprint density at radius 3 is 2.34 bits per heavy atom. The van der Waals surface area contributed by atoms with Crippen LogP contribution in [0.15, 0.2) is 67.0 Å². The van der Waals surface area contributed by atoms with E-state index in [4.69, 9.17) is 4.74 Å². The van der Waals surface area contributed by atoms with Crippen molar-refractivity contribution in [3.8, 4) is 5.75 Å². The van der Waals surface area contributed by atoms with Crippen LogP contribution in [0.25, 0.3) is 0 Å². The van der Waals surface area contributed by atoms with Gasteiger partial charge in [-0.25, -0.2) is 8.42 Å². The number of ether oxygens (including phenoxy) is 1. The number of anilines is 2. The van der Waals surface area contributed by atoms with Crippen LogP contribution in [-0.4, -0.2) is 44.1 Å². The molecule has 0 radical (unpaired) electrons. The standard InChI is InChI=1S/C24H26N4O6S/c1-34-23-10-9-21(28(30)31)17-22(23)27(35(2,32)33)15-3-4-24(29)26-20-7-5-18(6-8-20)16-19-11-13-25-14-12-19/h5-14,17H,3-4,15-16H2,1-2H3,(H,26,29). The second-order valence-electron chi connectivity index (χ2n) is 7.83. The highest BCUT2D eigenvalue weighted by molar-refractivity contribution is 7.92. The molecular formula is C24H26N4O6S. The number of amides is 1. The number of nitrogens with zero attached hydrogens (tertiary/aromatic N) is 3. The van der Waals surface area contributed by atoms with Gasteiger partial charge in [0, 0.05) is 43.2 Å². The molecule has 0 fully saturated rings. The number of non-ortho nitro benzene ring substituents is 1. The van der Waals surface area contributed by atoms with Crippen LogP contribution in [0.1, 0.15) is 24.0 Å². The van der Waals surface area contributed by atoms with Crippen LogP contribution in [0.4, 0.5) is 17.1 Å². The number of nitrogens with one attached hydrogen (secondary N) is 1. The molecule has 1 N–H and O–H groups in total. The highest BCUT2D eigenvalue weighted by Gasteiger charge is 2.24. The van der Waals surface area contributed by atoms with Crippen molar-refractivity contribution in [2.75, 3.05) is 29.5 Å². The zero-order valence-electron chi connectivity index (χ0n) is 19.4. The van der Waals surface area contributed by atoms with Crippen molar-refractivity contribution >= 4 is 33.0 Å². The summed E-state index contributed by atoms with van der Waals surface area (Å²) in [4.78, 5) is 27.0. The summed E-state index contributed by atoms with van der Waals surface area (Å²) >= 11 is 0. The van der Waals surface area contributed by atoms with Gasteiger partial charge >= 0.3 is 0 Å². The molecule has 0 aliphatic heterocycles. The fraction of sp³-hybridized carbons (Fsp3) is 0.250. The normalized spacial score (nSPS) is 11.0. The van der Waals surface area contributed by atoms with Gasteiger partial charge in [0.05, 0.1) is 18.3 Å². The van der Waals surface area contributed by atoms with E-state index in [-0.39, 0.29) is 42.4 Å². The third-order valence-electron chi connectivity index (χ3n) is 5.20. The molecule has 0 spiro atoms. The lowest BCUT2D eigenvalue weighted by molar-refractivity contribution is -0.384. The fourth-order valence-electron chi connectivity index (χ4n) is 3.50. The smallest absolute Gasteiger partial charge is 0.271 e. The molecule has 0 aliphatic carbocycles. The van der Waals surface area contributed by atoms with Crippen LogP contribution in [0.5, 0.6) is 5.75 Å². The molecule has 35 heavy (non-hydrogen) atoms. The quantitative estimate of drug-likeness (QED) is 0.314. The van der Waals surface area contributed by atoms with E-state index in [1.54, 1.807) is 12.4 Å². The van der Waals surface area contributed by atoms with Crippen LogP contribution in [0.3, 0.4) is 0 Å². The molecule has 1 amide bonds. The minimum Gasteiger partial charge on any atom is -0.495 e. The van der Waals surface area contributed by atoms with Gasteiger partial charge in [-0.3, -0.25) is 24.2 Å². The van der Waals surface area contributed by atoms with Crippen molar-refractivity contribution in [3.05, 3.63) is 88.2 Å². The van der Waals surface area contributed by atoms with E-state index in [1.165, 1.54) is 19.2 Å². The first-order valence-corrected chi connectivity index (χ1v) is 12.6. The fourth-order valence-corrected chi connectivity index (χ4v) is 4.46. The van der Waals surface area contributed by atoms with Crippen molar-refractivity contribution in [3.63, 3.8) is 0 Å². The molecule has 1 heterocycles. The Hall–Kier alpha value is -3.99. The molecule has 0 unspecified atom stereocenters. The largest absolute Gasteiger partial charge is 0.495 e. The number of hydrogen-bond donors (Lipinski definition) is 1. The Kier molecular flexibility index (Phi) is 8.37. The van der Waals surface area contributed by atoms with Crippen LogP contribution < -0.4 is 14.4 Å². The van der Waals surface area contributed by atoms with Crippen molar-refractivity contribution in [2.24, 2.45) is 0 Å². The zero-order valence-corrected chi connectivity index (χ0v) is 20.2. The summed E-state index contributed by atoms with van der Waals surface area (Å²) in [5.41, 5.74) is 2.64. The molecule has 0 aliphatic rings. The first kappa shape index (κ1) is 25.6. The van der Waals surface area contributed by atoms with Gasteiger partial charge in [-0.2, -0.15) is 0 Å². The lowest BCUT2D eigenvalue weighted by Crippen LogP contribution is -2.32. The first-order chi connectivity index (χ1) is 16.7. The molecule has 3 aromatic rings. The Morgan fingerprint density at radius 1 is 1.09 bits per heavy atom. The topological polar surface area (TPSA) is 132 Å². The number of nitro groups is 1. The Balaban J connectivity index is 1.61. The molecule has 0 saturated carbocycles. The minimum atomic E-state index is -3.79. The maximum atomic E-state index is 12.4. The predicted octanol–water partition coefficient (Wildman–Crippen LogP) is 3.77. The summed E-state index contributed by atoms with van der Waals surface area (Å²) in [6.45, 7) is -0.0470. The second-order valence-corrected chi connectivity index (χ2v) is 9.74. The van der Waals surface area contributed by atoms with Crippen LogP contribution in [-0.2, 0) is 21.2 Å². The third-order valence-corrected chi connectivity index (χ3v) is 6.38. The van der Waals surface area contributed by atoms with Crippen LogP contribution >= 0.6 is 0 Å². The number of aromatic nitrogens is 1. The minimum absolute atomic E-state index is 0.0470. The highest BCUT2D eigenvalue weighted by atomic mass is 32.2. The number of benzene rings is 2. The third kappa shape index (κ3) is 7.24. The summed E-state index contributed by atoms with van der Waals surface area (Å²) in [5.74, 6) is -0.0938. The van der Waals surface area contributed by atoms with Crippen molar-refractivity contribution in [1.82, 2.24) is 4.98 Å². The zero-order chi connectivity index (χ0) is 25.4. The molecule has 0 atom stereocenters. The summed E-state index contributed by atoms with van der Waals surface area (Å²) in [6, 6.07) is 15.1. The van der Waals surface area contributed by atoms with Gasteiger partial charge < -0.3 is 10.1 Å². The number of carbonyl (C=O) groups excluding carboxylic acids is 1. The molecular weight excluding hydrogens is 472 g/mol. The van der Waals surface area contributed by atoms with E-state index in [0.29, 0.717) is 5.69 Å². The summed E-state index contributed by atoms with van der Waals surface area (Å²) in [7, 11) is -2.44. The summed E-state index contributed by atoms with van der Waals surface area (Å²) in [5, 5.41) is 14.0. The number of hydrogen-bond acceptors (Lipinski definition) is 7. The lowest BCUT2D eigenvalue weighted by Gasteiger charge is -2.24. The van der Waals surface area contributed by atoms with E-state index in [1.807, 2.05) is 36.4 Å². The monoisotopic (exact) mass is 498 g/mol. The van der Waals surface area contributed by atoms with Crippen molar-refractivity contribution < 1.29 is 22.9 Å². The second kappa shape index (κ2) is 11.4. The molecule has 0 bridgehead atoms. The highest BCUT2D eigenvalue weighted by Crippen LogP contribution is 2.34. The van der Waals surface area contributed by atoms with Gasteiger partial charge in [0.2, 0.25) is 15.9 Å². The number of methoxy groups -OCH3 is 1. The van der Waals surface area contributed by atoms with Gasteiger partial charge in [0.1, 0.15) is 11.4 Å². The summed E-state index contributed by atoms with van der Waals surface area (Å²) in [6.07, 6.45) is 5.48.